The lowest BCUT2D eigenvalue weighted by atomic mass is 10.1. The summed E-state index contributed by atoms with van der Waals surface area (Å²) in [5.41, 5.74) is 1.37. The van der Waals surface area contributed by atoms with Gasteiger partial charge in [-0.3, -0.25) is 4.90 Å². The number of halogens is 5. The van der Waals surface area contributed by atoms with Gasteiger partial charge in [-0.25, -0.2) is 8.78 Å². The second kappa shape index (κ2) is 7.91. The number of ether oxygens (including phenoxy) is 1. The lowest BCUT2D eigenvalue weighted by Crippen LogP contribution is -2.27. The zero-order valence-corrected chi connectivity index (χ0v) is 15.6. The van der Waals surface area contributed by atoms with Gasteiger partial charge in [0.15, 0.2) is 0 Å². The molecule has 1 heterocycles. The van der Waals surface area contributed by atoms with Crippen LogP contribution in [-0.2, 0) is 13.1 Å². The van der Waals surface area contributed by atoms with E-state index < -0.39 is 18.0 Å². The number of alkyl halides is 3. The van der Waals surface area contributed by atoms with Crippen LogP contribution in [0.5, 0.6) is 5.75 Å². The van der Waals surface area contributed by atoms with Crippen LogP contribution in [0, 0.1) is 29.4 Å². The normalized spacial score (nSPS) is 23.8. The van der Waals surface area contributed by atoms with Crippen LogP contribution in [0.4, 0.5) is 22.0 Å². The van der Waals surface area contributed by atoms with E-state index in [1.807, 2.05) is 0 Å². The molecule has 1 N–H and O–H groups in total. The van der Waals surface area contributed by atoms with Gasteiger partial charge in [-0.15, -0.1) is 13.2 Å². The third-order valence-electron chi connectivity index (χ3n) is 5.62. The predicted octanol–water partition coefficient (Wildman–Crippen LogP) is 4.33. The van der Waals surface area contributed by atoms with Crippen LogP contribution in [0.25, 0.3) is 0 Å². The van der Waals surface area contributed by atoms with Crippen LogP contribution in [0.2, 0.25) is 0 Å². The zero-order valence-electron chi connectivity index (χ0n) is 15.6. The molecule has 0 radical (unpaired) electrons. The highest BCUT2D eigenvalue weighted by Gasteiger charge is 2.54. The van der Waals surface area contributed by atoms with Gasteiger partial charge in [0.05, 0.1) is 0 Å². The van der Waals surface area contributed by atoms with Crippen LogP contribution in [-0.4, -0.2) is 30.9 Å². The summed E-state index contributed by atoms with van der Waals surface area (Å²) in [6.45, 7) is 3.58. The molecule has 8 heteroatoms. The molecule has 1 aliphatic carbocycles. The number of piperidine rings is 1. The highest BCUT2D eigenvalue weighted by molar-refractivity contribution is 5.28. The lowest BCUT2D eigenvalue weighted by Gasteiger charge is -2.19. The summed E-state index contributed by atoms with van der Waals surface area (Å²) in [5.74, 6) is 0.309. The highest BCUT2D eigenvalue weighted by Crippen LogP contribution is 2.51. The molecule has 4 rings (SSSR count). The maximum atomic E-state index is 13.3. The van der Waals surface area contributed by atoms with Gasteiger partial charge in [0.25, 0.3) is 0 Å². The van der Waals surface area contributed by atoms with E-state index in [0.717, 1.165) is 31.3 Å². The van der Waals surface area contributed by atoms with E-state index in [9.17, 15) is 22.0 Å². The molecule has 1 aliphatic heterocycles. The maximum absolute atomic E-state index is 13.3. The Balaban J connectivity index is 1.20. The average molecular weight is 412 g/mol. The fourth-order valence-corrected chi connectivity index (χ4v) is 4.36. The SMILES string of the molecule is Fc1cc(F)cc(CN2CC3C(CNCc4cccc(OC(F)(F)F)c4)C3C2)c1. The van der Waals surface area contributed by atoms with Gasteiger partial charge in [-0.1, -0.05) is 12.1 Å². The van der Waals surface area contributed by atoms with Crippen LogP contribution in [0.1, 0.15) is 11.1 Å². The van der Waals surface area contributed by atoms with Crippen molar-refractivity contribution in [2.75, 3.05) is 19.6 Å². The van der Waals surface area contributed by atoms with Gasteiger partial charge < -0.3 is 10.1 Å². The number of hydrogen-bond donors (Lipinski definition) is 1. The molecule has 2 aliphatic rings. The molecule has 0 amide bonds. The number of rotatable bonds is 7. The van der Waals surface area contributed by atoms with E-state index in [2.05, 4.69) is 15.0 Å². The van der Waals surface area contributed by atoms with Crippen molar-refractivity contribution < 1.29 is 26.7 Å². The molecule has 2 fully saturated rings. The molecule has 1 saturated heterocycles. The number of hydrogen-bond acceptors (Lipinski definition) is 3. The average Bonchev–Trinajstić information content (AvgIpc) is 3.05. The van der Waals surface area contributed by atoms with Crippen LogP contribution < -0.4 is 10.1 Å². The summed E-state index contributed by atoms with van der Waals surface area (Å²) in [6, 6.07) is 9.55. The number of likely N-dealkylation sites (tertiary alicyclic amines) is 1. The standard InChI is InChI=1S/C21H21F5N2O/c22-15-4-14(5-16(23)7-15)10-28-11-19-18(20(19)12-28)9-27-8-13-2-1-3-17(6-13)29-21(24,25)26/h1-7,18-20,27H,8-12H2. The Hall–Kier alpha value is -2.19. The molecule has 2 aromatic rings. The number of fused-ring (bicyclic) bond motifs is 1. The van der Waals surface area contributed by atoms with Crippen LogP contribution >= 0.6 is 0 Å². The summed E-state index contributed by atoms with van der Waals surface area (Å²) in [6.07, 6.45) is -4.69. The molecule has 2 atom stereocenters. The molecule has 0 aromatic heterocycles. The Kier molecular flexibility index (Phi) is 5.48. The molecule has 0 bridgehead atoms. The summed E-state index contributed by atoms with van der Waals surface area (Å²) in [7, 11) is 0. The first-order chi connectivity index (χ1) is 13.8. The number of benzene rings is 2. The summed E-state index contributed by atoms with van der Waals surface area (Å²) < 4.78 is 67.4. The largest absolute Gasteiger partial charge is 0.573 e. The van der Waals surface area contributed by atoms with Gasteiger partial charge in [0, 0.05) is 32.2 Å². The van der Waals surface area contributed by atoms with Gasteiger partial charge in [0.1, 0.15) is 17.4 Å². The first kappa shape index (κ1) is 20.1. The van der Waals surface area contributed by atoms with Crippen molar-refractivity contribution in [1.82, 2.24) is 10.2 Å². The molecule has 156 valence electrons. The molecular weight excluding hydrogens is 391 g/mol. The van der Waals surface area contributed by atoms with Crippen molar-refractivity contribution in [3.05, 3.63) is 65.2 Å². The molecule has 29 heavy (non-hydrogen) atoms. The summed E-state index contributed by atoms with van der Waals surface area (Å²) >= 11 is 0. The topological polar surface area (TPSA) is 24.5 Å². The zero-order chi connectivity index (χ0) is 20.6. The summed E-state index contributed by atoms with van der Waals surface area (Å²) in [4.78, 5) is 2.21. The molecule has 2 unspecified atom stereocenters. The second-order valence-electron chi connectivity index (χ2n) is 7.79. The minimum atomic E-state index is -4.69. The minimum Gasteiger partial charge on any atom is -0.406 e. The minimum absolute atomic E-state index is 0.218. The molecule has 2 aromatic carbocycles. The van der Waals surface area contributed by atoms with Crippen molar-refractivity contribution in [3.8, 4) is 5.75 Å². The van der Waals surface area contributed by atoms with Gasteiger partial charge >= 0.3 is 6.36 Å². The molecular formula is C21H21F5N2O. The van der Waals surface area contributed by atoms with Crippen molar-refractivity contribution >= 4 is 0 Å². The number of nitrogens with zero attached hydrogens (tertiary/aromatic N) is 1. The van der Waals surface area contributed by atoms with Crippen molar-refractivity contribution in [1.29, 1.82) is 0 Å². The fraction of sp³-hybridized carbons (Fsp3) is 0.429. The van der Waals surface area contributed by atoms with E-state index in [1.165, 1.54) is 30.3 Å². The predicted molar refractivity (Wildman–Crippen MR) is 96.9 cm³/mol. The lowest BCUT2D eigenvalue weighted by molar-refractivity contribution is -0.274. The fourth-order valence-electron chi connectivity index (χ4n) is 4.36. The monoisotopic (exact) mass is 412 g/mol. The van der Waals surface area contributed by atoms with Crippen molar-refractivity contribution in [2.45, 2.75) is 19.5 Å². The highest BCUT2D eigenvalue weighted by atomic mass is 19.4. The van der Waals surface area contributed by atoms with Gasteiger partial charge in [-0.2, -0.15) is 0 Å². The first-order valence-corrected chi connectivity index (χ1v) is 9.49. The van der Waals surface area contributed by atoms with Crippen molar-refractivity contribution in [2.24, 2.45) is 17.8 Å². The number of nitrogens with one attached hydrogen (secondary N) is 1. The quantitative estimate of drug-likeness (QED) is 0.686. The Morgan fingerprint density at radius 1 is 0.966 bits per heavy atom. The van der Waals surface area contributed by atoms with E-state index in [1.54, 1.807) is 6.07 Å². The maximum Gasteiger partial charge on any atom is 0.573 e. The summed E-state index contributed by atoms with van der Waals surface area (Å²) in [5, 5.41) is 3.31. The molecule has 0 spiro atoms. The third-order valence-corrected chi connectivity index (χ3v) is 5.62. The first-order valence-electron chi connectivity index (χ1n) is 9.49. The van der Waals surface area contributed by atoms with Crippen LogP contribution in [0.3, 0.4) is 0 Å². The molecule has 3 nitrogen and oxygen atoms in total. The van der Waals surface area contributed by atoms with Gasteiger partial charge in [-0.05, 0) is 59.7 Å². The Bertz CT molecular complexity index is 840. The van der Waals surface area contributed by atoms with E-state index in [0.29, 0.717) is 36.4 Å². The van der Waals surface area contributed by atoms with E-state index in [4.69, 9.17) is 0 Å². The van der Waals surface area contributed by atoms with Crippen LogP contribution in [0.15, 0.2) is 42.5 Å². The third kappa shape index (κ3) is 5.25. The smallest absolute Gasteiger partial charge is 0.406 e. The second-order valence-corrected chi connectivity index (χ2v) is 7.79. The molecule has 1 saturated carbocycles. The van der Waals surface area contributed by atoms with E-state index in [-0.39, 0.29) is 5.75 Å². The Labute approximate surface area is 165 Å². The Morgan fingerprint density at radius 3 is 2.31 bits per heavy atom. The van der Waals surface area contributed by atoms with E-state index >= 15 is 0 Å². The Morgan fingerprint density at radius 2 is 1.66 bits per heavy atom. The van der Waals surface area contributed by atoms with Crippen molar-refractivity contribution in [3.63, 3.8) is 0 Å². The van der Waals surface area contributed by atoms with Gasteiger partial charge in [0.2, 0.25) is 0 Å².